The van der Waals surface area contributed by atoms with Gasteiger partial charge in [-0.1, -0.05) is 0 Å². The zero-order chi connectivity index (χ0) is 11.3. The monoisotopic (exact) mass is 219 g/mol. The van der Waals surface area contributed by atoms with Gasteiger partial charge in [0, 0.05) is 13.2 Å². The van der Waals surface area contributed by atoms with Gasteiger partial charge < -0.3 is 25.0 Å². The molecule has 1 aliphatic rings. The highest BCUT2D eigenvalue weighted by atomic mass is 16.5. The highest BCUT2D eigenvalue weighted by Gasteiger charge is 2.30. The molecule has 0 bridgehead atoms. The minimum Gasteiger partial charge on any atom is -0.453 e. The quantitative estimate of drug-likeness (QED) is 0.554. The van der Waals surface area contributed by atoms with Crippen molar-refractivity contribution in [3.63, 3.8) is 0 Å². The standard InChI is InChI=1S/C9H17NO5/c1-14-9(13)10-7(8(11)12)6-2-4-15-5-3-6/h6-8,11-12H,2-5H2,1H3,(H,10,13). The van der Waals surface area contributed by atoms with Gasteiger partial charge in [0.15, 0.2) is 6.29 Å². The molecule has 0 saturated carbocycles. The van der Waals surface area contributed by atoms with Crippen LogP contribution in [-0.4, -0.2) is 49.0 Å². The average Bonchev–Trinajstić information content (AvgIpc) is 2.26. The van der Waals surface area contributed by atoms with Crippen molar-refractivity contribution >= 4 is 6.09 Å². The van der Waals surface area contributed by atoms with E-state index >= 15 is 0 Å². The van der Waals surface area contributed by atoms with Crippen LogP contribution in [0.1, 0.15) is 12.8 Å². The summed E-state index contributed by atoms with van der Waals surface area (Å²) < 4.78 is 9.57. The van der Waals surface area contributed by atoms with Crippen LogP contribution in [0.25, 0.3) is 0 Å². The van der Waals surface area contributed by atoms with E-state index in [1.54, 1.807) is 0 Å². The van der Waals surface area contributed by atoms with Crippen molar-refractivity contribution < 1.29 is 24.5 Å². The number of hydrogen-bond acceptors (Lipinski definition) is 5. The Balaban J connectivity index is 2.51. The molecule has 0 radical (unpaired) electrons. The van der Waals surface area contributed by atoms with Crippen LogP contribution in [0, 0.1) is 5.92 Å². The van der Waals surface area contributed by atoms with Crippen molar-refractivity contribution in [3.8, 4) is 0 Å². The van der Waals surface area contributed by atoms with Crippen molar-refractivity contribution in [1.29, 1.82) is 0 Å². The van der Waals surface area contributed by atoms with Crippen LogP contribution in [0.3, 0.4) is 0 Å². The fourth-order valence-electron chi connectivity index (χ4n) is 1.71. The Labute approximate surface area is 88.2 Å². The lowest BCUT2D eigenvalue weighted by atomic mass is 9.91. The van der Waals surface area contributed by atoms with E-state index in [4.69, 9.17) is 14.9 Å². The Bertz CT molecular complexity index is 203. The first-order chi connectivity index (χ1) is 7.15. The van der Waals surface area contributed by atoms with Gasteiger partial charge in [0.25, 0.3) is 0 Å². The second kappa shape index (κ2) is 5.89. The molecule has 6 heteroatoms. The number of hydrogen-bond donors (Lipinski definition) is 3. The smallest absolute Gasteiger partial charge is 0.407 e. The van der Waals surface area contributed by atoms with Gasteiger partial charge in [-0.25, -0.2) is 4.79 Å². The first kappa shape index (κ1) is 12.2. The number of ether oxygens (including phenoxy) is 2. The molecule has 1 fully saturated rings. The maximum absolute atomic E-state index is 11.0. The summed E-state index contributed by atoms with van der Waals surface area (Å²) in [5.74, 6) is 0.0119. The predicted molar refractivity (Wildman–Crippen MR) is 51.1 cm³/mol. The molecule has 3 N–H and O–H groups in total. The van der Waals surface area contributed by atoms with Gasteiger partial charge in [-0.05, 0) is 18.8 Å². The summed E-state index contributed by atoms with van der Waals surface area (Å²) in [5.41, 5.74) is 0. The Morgan fingerprint density at radius 3 is 2.53 bits per heavy atom. The summed E-state index contributed by atoms with van der Waals surface area (Å²) in [4.78, 5) is 11.0. The first-order valence-electron chi connectivity index (χ1n) is 4.93. The molecule has 1 atom stereocenters. The Hall–Kier alpha value is -0.850. The van der Waals surface area contributed by atoms with Crippen LogP contribution in [0.5, 0.6) is 0 Å². The van der Waals surface area contributed by atoms with Gasteiger partial charge in [0.2, 0.25) is 0 Å². The molecular formula is C9H17NO5. The fourth-order valence-corrected chi connectivity index (χ4v) is 1.71. The molecular weight excluding hydrogens is 202 g/mol. The van der Waals surface area contributed by atoms with Crippen molar-refractivity contribution in [2.24, 2.45) is 5.92 Å². The molecule has 0 aliphatic carbocycles. The number of aliphatic hydroxyl groups excluding tert-OH is 1. The van der Waals surface area contributed by atoms with Gasteiger partial charge in [-0.15, -0.1) is 0 Å². The summed E-state index contributed by atoms with van der Waals surface area (Å²) in [6.45, 7) is 1.16. The van der Waals surface area contributed by atoms with E-state index < -0.39 is 18.4 Å². The third-order valence-corrected chi connectivity index (χ3v) is 2.56. The third-order valence-electron chi connectivity index (χ3n) is 2.56. The third kappa shape index (κ3) is 3.65. The number of methoxy groups -OCH3 is 1. The summed E-state index contributed by atoms with van der Waals surface area (Å²) in [7, 11) is 1.24. The number of aliphatic hydroxyl groups is 2. The van der Waals surface area contributed by atoms with E-state index in [2.05, 4.69) is 10.1 Å². The number of amides is 1. The Morgan fingerprint density at radius 2 is 2.07 bits per heavy atom. The molecule has 1 saturated heterocycles. The van der Waals surface area contributed by atoms with E-state index in [-0.39, 0.29) is 5.92 Å². The molecule has 1 aliphatic heterocycles. The molecule has 0 aromatic carbocycles. The maximum atomic E-state index is 11.0. The molecule has 0 aromatic heterocycles. The Kier molecular flexibility index (Phi) is 4.80. The highest BCUT2D eigenvalue weighted by molar-refractivity contribution is 5.67. The van der Waals surface area contributed by atoms with Crippen molar-refractivity contribution in [3.05, 3.63) is 0 Å². The minimum absolute atomic E-state index is 0.0119. The van der Waals surface area contributed by atoms with Crippen LogP contribution in [-0.2, 0) is 9.47 Å². The lowest BCUT2D eigenvalue weighted by Crippen LogP contribution is -2.49. The van der Waals surface area contributed by atoms with Crippen LogP contribution in [0.4, 0.5) is 4.79 Å². The van der Waals surface area contributed by atoms with Gasteiger partial charge in [-0.2, -0.15) is 0 Å². The number of alkyl carbamates (subject to hydrolysis) is 1. The summed E-state index contributed by atoms with van der Waals surface area (Å²) in [5, 5.41) is 20.7. The molecule has 15 heavy (non-hydrogen) atoms. The van der Waals surface area contributed by atoms with Gasteiger partial charge >= 0.3 is 6.09 Å². The molecule has 0 aromatic rings. The van der Waals surface area contributed by atoms with E-state index in [9.17, 15) is 4.79 Å². The topological polar surface area (TPSA) is 88.0 Å². The van der Waals surface area contributed by atoms with E-state index in [0.717, 1.165) is 0 Å². The van der Waals surface area contributed by atoms with E-state index in [1.165, 1.54) is 7.11 Å². The Morgan fingerprint density at radius 1 is 1.47 bits per heavy atom. The van der Waals surface area contributed by atoms with Gasteiger partial charge in [0.1, 0.15) is 0 Å². The first-order valence-corrected chi connectivity index (χ1v) is 4.93. The minimum atomic E-state index is -1.58. The van der Waals surface area contributed by atoms with Gasteiger partial charge in [0.05, 0.1) is 13.2 Å². The lowest BCUT2D eigenvalue weighted by Gasteiger charge is -2.31. The zero-order valence-corrected chi connectivity index (χ0v) is 8.68. The largest absolute Gasteiger partial charge is 0.453 e. The zero-order valence-electron chi connectivity index (χ0n) is 8.68. The van der Waals surface area contributed by atoms with Crippen molar-refractivity contribution in [1.82, 2.24) is 5.32 Å². The molecule has 1 amide bonds. The lowest BCUT2D eigenvalue weighted by molar-refractivity contribution is -0.0907. The van der Waals surface area contributed by atoms with E-state index in [0.29, 0.717) is 26.1 Å². The number of carbonyl (C=O) groups is 1. The SMILES string of the molecule is COC(=O)NC(C(O)O)C1CCOCC1. The predicted octanol–water partition coefficient (Wildman–Crippen LogP) is -0.552. The summed E-state index contributed by atoms with van der Waals surface area (Å²) in [6, 6.07) is -0.693. The van der Waals surface area contributed by atoms with E-state index in [1.807, 2.05) is 0 Å². The van der Waals surface area contributed by atoms with Crippen LogP contribution in [0.2, 0.25) is 0 Å². The van der Waals surface area contributed by atoms with Gasteiger partial charge in [-0.3, -0.25) is 0 Å². The van der Waals surface area contributed by atoms with Crippen LogP contribution < -0.4 is 5.32 Å². The average molecular weight is 219 g/mol. The molecule has 88 valence electrons. The molecule has 1 heterocycles. The number of nitrogens with one attached hydrogen (secondary N) is 1. The van der Waals surface area contributed by atoms with Crippen molar-refractivity contribution in [2.45, 2.75) is 25.2 Å². The maximum Gasteiger partial charge on any atom is 0.407 e. The second-order valence-electron chi connectivity index (χ2n) is 3.53. The second-order valence-corrected chi connectivity index (χ2v) is 3.53. The van der Waals surface area contributed by atoms with Crippen LogP contribution >= 0.6 is 0 Å². The van der Waals surface area contributed by atoms with Crippen molar-refractivity contribution in [2.75, 3.05) is 20.3 Å². The normalized spacial score (nSPS) is 20.0. The molecule has 0 spiro atoms. The molecule has 1 unspecified atom stereocenters. The number of carbonyl (C=O) groups excluding carboxylic acids is 1. The van der Waals surface area contributed by atoms with Crippen LogP contribution in [0.15, 0.2) is 0 Å². The molecule has 1 rings (SSSR count). The fraction of sp³-hybridized carbons (Fsp3) is 0.889. The number of rotatable bonds is 3. The molecule has 6 nitrogen and oxygen atoms in total. The highest BCUT2D eigenvalue weighted by Crippen LogP contribution is 2.20. The summed E-state index contributed by atoms with van der Waals surface area (Å²) in [6.07, 6.45) is -0.828. The summed E-state index contributed by atoms with van der Waals surface area (Å²) >= 11 is 0.